The first-order valence-corrected chi connectivity index (χ1v) is 4.96. The number of hydrogen-bond donors (Lipinski definition) is 2. The SMILES string of the molecule is COc1cc(N)c(S(=O)(=O)[O-])cc1N.[Na+]. The number of anilines is 2. The molecule has 0 spiro atoms. The molecule has 0 saturated heterocycles. The van der Waals surface area contributed by atoms with E-state index in [-0.39, 0.29) is 46.7 Å². The van der Waals surface area contributed by atoms with E-state index in [1.54, 1.807) is 0 Å². The van der Waals surface area contributed by atoms with Crippen LogP contribution in [0.5, 0.6) is 5.75 Å². The summed E-state index contributed by atoms with van der Waals surface area (Å²) in [6, 6.07) is 2.18. The zero-order valence-electron chi connectivity index (χ0n) is 8.35. The Hall–Kier alpha value is -0.470. The second-order valence-corrected chi connectivity index (χ2v) is 3.93. The first-order chi connectivity index (χ1) is 6.36. The smallest absolute Gasteiger partial charge is 0.744 e. The maximum atomic E-state index is 10.7. The molecule has 0 heterocycles. The van der Waals surface area contributed by atoms with Crippen molar-refractivity contribution in [1.82, 2.24) is 0 Å². The Morgan fingerprint density at radius 2 is 1.80 bits per heavy atom. The normalized spacial score (nSPS) is 10.5. The average molecular weight is 240 g/mol. The third-order valence-electron chi connectivity index (χ3n) is 1.63. The Morgan fingerprint density at radius 1 is 1.27 bits per heavy atom. The van der Waals surface area contributed by atoms with Crippen molar-refractivity contribution in [3.8, 4) is 5.75 Å². The minimum absolute atomic E-state index is 0. The van der Waals surface area contributed by atoms with Crippen LogP contribution in [0.15, 0.2) is 17.0 Å². The Balaban J connectivity index is 0.00000196. The summed E-state index contributed by atoms with van der Waals surface area (Å²) in [5.74, 6) is 0.231. The average Bonchev–Trinajstić information content (AvgIpc) is 2.06. The van der Waals surface area contributed by atoms with Gasteiger partial charge in [-0.2, -0.15) is 0 Å². The van der Waals surface area contributed by atoms with Crippen molar-refractivity contribution >= 4 is 21.5 Å². The molecule has 0 aromatic heterocycles. The molecule has 0 aliphatic heterocycles. The fourth-order valence-corrected chi connectivity index (χ4v) is 1.60. The minimum atomic E-state index is -4.59. The summed E-state index contributed by atoms with van der Waals surface area (Å²) in [5.41, 5.74) is 10.6. The van der Waals surface area contributed by atoms with Crippen LogP contribution in [0.1, 0.15) is 0 Å². The molecular formula is C7H9N2NaO4S. The predicted octanol–water partition coefficient (Wildman–Crippen LogP) is -3.23. The molecule has 15 heavy (non-hydrogen) atoms. The van der Waals surface area contributed by atoms with Gasteiger partial charge >= 0.3 is 29.6 Å². The monoisotopic (exact) mass is 240 g/mol. The van der Waals surface area contributed by atoms with E-state index in [0.717, 1.165) is 6.07 Å². The van der Waals surface area contributed by atoms with Crippen molar-refractivity contribution < 1.29 is 47.3 Å². The molecule has 4 N–H and O–H groups in total. The molecule has 0 radical (unpaired) electrons. The molecule has 0 atom stereocenters. The molecule has 1 rings (SSSR count). The number of nitrogen functional groups attached to an aromatic ring is 2. The van der Waals surface area contributed by atoms with E-state index < -0.39 is 15.0 Å². The van der Waals surface area contributed by atoms with Gasteiger partial charge in [0.05, 0.1) is 23.4 Å². The van der Waals surface area contributed by atoms with Gasteiger partial charge < -0.3 is 20.8 Å². The largest absolute Gasteiger partial charge is 1.00 e. The summed E-state index contributed by atoms with van der Waals surface area (Å²) in [5, 5.41) is 0. The maximum Gasteiger partial charge on any atom is 1.00 e. The van der Waals surface area contributed by atoms with Gasteiger partial charge in [0.2, 0.25) is 0 Å². The van der Waals surface area contributed by atoms with Crippen LogP contribution < -0.4 is 45.8 Å². The van der Waals surface area contributed by atoms with Crippen molar-refractivity contribution in [1.29, 1.82) is 0 Å². The molecule has 8 heteroatoms. The number of hydrogen-bond acceptors (Lipinski definition) is 6. The van der Waals surface area contributed by atoms with Crippen LogP contribution in [-0.4, -0.2) is 20.1 Å². The van der Waals surface area contributed by atoms with Gasteiger partial charge in [-0.25, -0.2) is 8.42 Å². The number of methoxy groups -OCH3 is 1. The zero-order chi connectivity index (χ0) is 10.9. The number of nitrogens with two attached hydrogens (primary N) is 2. The zero-order valence-corrected chi connectivity index (χ0v) is 11.2. The first kappa shape index (κ1) is 14.5. The van der Waals surface area contributed by atoms with Crippen molar-refractivity contribution in [2.45, 2.75) is 4.90 Å². The van der Waals surface area contributed by atoms with Crippen LogP contribution in [0.4, 0.5) is 11.4 Å². The second-order valence-electron chi connectivity index (χ2n) is 2.59. The van der Waals surface area contributed by atoms with Crippen LogP contribution in [0, 0.1) is 0 Å². The number of benzene rings is 1. The fourth-order valence-electron chi connectivity index (χ4n) is 0.985. The fraction of sp³-hybridized carbons (Fsp3) is 0.143. The summed E-state index contributed by atoms with van der Waals surface area (Å²) in [7, 11) is -3.23. The van der Waals surface area contributed by atoms with Crippen molar-refractivity contribution in [3.63, 3.8) is 0 Å². The Morgan fingerprint density at radius 3 is 2.20 bits per heavy atom. The summed E-state index contributed by atoms with van der Waals surface area (Å²) in [6.45, 7) is 0. The minimum Gasteiger partial charge on any atom is -0.744 e. The molecule has 0 amide bonds. The molecule has 0 aliphatic carbocycles. The first-order valence-electron chi connectivity index (χ1n) is 3.55. The van der Waals surface area contributed by atoms with E-state index in [0.29, 0.717) is 0 Å². The van der Waals surface area contributed by atoms with Crippen LogP contribution in [0.2, 0.25) is 0 Å². The topological polar surface area (TPSA) is 118 Å². The van der Waals surface area contributed by atoms with Gasteiger partial charge in [-0.1, -0.05) is 0 Å². The van der Waals surface area contributed by atoms with Gasteiger partial charge in [0.1, 0.15) is 15.9 Å². The molecule has 78 valence electrons. The Kier molecular flexibility index (Phi) is 4.88. The molecule has 0 unspecified atom stereocenters. The molecule has 0 bridgehead atoms. The standard InChI is InChI=1S/C7H10N2O4S.Na/c1-13-6-2-5(9)7(3-4(6)8)14(10,11)12;/h2-3H,8-9H2,1H3,(H,10,11,12);/q;+1/p-1. The van der Waals surface area contributed by atoms with Gasteiger partial charge in [0.15, 0.2) is 0 Å². The quantitative estimate of drug-likeness (QED) is 0.319. The molecule has 0 aliphatic rings. The Bertz CT molecular complexity index is 460. The number of ether oxygens (including phenoxy) is 1. The molecule has 1 aromatic rings. The van der Waals surface area contributed by atoms with Crippen molar-refractivity contribution in [3.05, 3.63) is 12.1 Å². The summed E-state index contributed by atoms with van der Waals surface area (Å²) in [6.07, 6.45) is 0. The van der Waals surface area contributed by atoms with Gasteiger partial charge in [0.25, 0.3) is 0 Å². The van der Waals surface area contributed by atoms with E-state index in [4.69, 9.17) is 16.2 Å². The third kappa shape index (κ3) is 3.25. The van der Waals surface area contributed by atoms with E-state index in [1.165, 1.54) is 13.2 Å². The summed E-state index contributed by atoms with van der Waals surface area (Å²) in [4.78, 5) is -0.532. The van der Waals surface area contributed by atoms with Gasteiger partial charge in [-0.05, 0) is 6.07 Å². The maximum absolute atomic E-state index is 10.7. The van der Waals surface area contributed by atoms with Gasteiger partial charge in [-0.15, -0.1) is 0 Å². The van der Waals surface area contributed by atoms with E-state index in [1.807, 2.05) is 0 Å². The van der Waals surface area contributed by atoms with E-state index in [9.17, 15) is 13.0 Å². The van der Waals surface area contributed by atoms with E-state index in [2.05, 4.69) is 0 Å². The van der Waals surface area contributed by atoms with Crippen LogP contribution in [-0.2, 0) is 10.1 Å². The molecule has 0 fully saturated rings. The second kappa shape index (κ2) is 5.04. The van der Waals surface area contributed by atoms with Crippen molar-refractivity contribution in [2.75, 3.05) is 18.6 Å². The summed E-state index contributed by atoms with van der Waals surface area (Å²) < 4.78 is 36.8. The molecule has 0 saturated carbocycles. The number of rotatable bonds is 2. The van der Waals surface area contributed by atoms with Crippen molar-refractivity contribution in [2.24, 2.45) is 0 Å². The molecular weight excluding hydrogens is 231 g/mol. The predicted molar refractivity (Wildman–Crippen MR) is 49.8 cm³/mol. The molecule has 1 aromatic carbocycles. The van der Waals surface area contributed by atoms with Crippen LogP contribution in [0.3, 0.4) is 0 Å². The van der Waals surface area contributed by atoms with Gasteiger partial charge in [-0.3, -0.25) is 0 Å². The van der Waals surface area contributed by atoms with Crippen LogP contribution in [0.25, 0.3) is 0 Å². The third-order valence-corrected chi connectivity index (χ3v) is 2.52. The van der Waals surface area contributed by atoms with Gasteiger partial charge in [0, 0.05) is 6.07 Å². The van der Waals surface area contributed by atoms with E-state index >= 15 is 0 Å². The Labute approximate surface area is 110 Å². The molecule has 6 nitrogen and oxygen atoms in total. The summed E-state index contributed by atoms with van der Waals surface area (Å²) >= 11 is 0. The van der Waals surface area contributed by atoms with Crippen LogP contribution >= 0.6 is 0 Å².